The minimum Gasteiger partial charge on any atom is -0.340 e. The number of Topliss-reactive ketones (excluding diaryl/α,β-unsaturated/α-hetero) is 1. The number of rotatable bonds is 1. The Morgan fingerprint density at radius 2 is 1.76 bits per heavy atom. The van der Waals surface area contributed by atoms with Crippen molar-refractivity contribution < 1.29 is 4.79 Å². The van der Waals surface area contributed by atoms with E-state index in [1.165, 1.54) is 5.56 Å². The van der Waals surface area contributed by atoms with Gasteiger partial charge in [-0.05, 0) is 37.1 Å². The number of ketones is 1. The number of hydrogen-bond donors (Lipinski definition) is 0. The van der Waals surface area contributed by atoms with E-state index in [0.29, 0.717) is 5.69 Å². The number of para-hydroxylation sites is 1. The maximum atomic E-state index is 12.3. The lowest BCUT2D eigenvalue weighted by Gasteiger charge is -1.98. The van der Waals surface area contributed by atoms with Crippen LogP contribution in [0.3, 0.4) is 0 Å². The molecule has 2 aromatic carbocycles. The van der Waals surface area contributed by atoms with E-state index >= 15 is 0 Å². The number of aromatic nitrogens is 1. The molecule has 3 aromatic rings. The fourth-order valence-corrected chi connectivity index (χ4v) is 2.34. The van der Waals surface area contributed by atoms with Gasteiger partial charge in [0.25, 0.3) is 5.78 Å². The van der Waals surface area contributed by atoms with Gasteiger partial charge in [-0.1, -0.05) is 41.8 Å². The summed E-state index contributed by atoms with van der Waals surface area (Å²) in [5, 5.41) is 1.06. The highest BCUT2D eigenvalue weighted by molar-refractivity contribution is 6.10. The Labute approximate surface area is 124 Å². The van der Waals surface area contributed by atoms with Crippen molar-refractivity contribution in [2.45, 2.75) is 6.92 Å². The van der Waals surface area contributed by atoms with Gasteiger partial charge in [-0.25, -0.2) is 0 Å². The quantitative estimate of drug-likeness (QED) is 0.489. The van der Waals surface area contributed by atoms with Crippen LogP contribution < -0.4 is 0 Å². The highest BCUT2D eigenvalue weighted by Crippen LogP contribution is 2.18. The molecule has 0 aliphatic carbocycles. The third-order valence-corrected chi connectivity index (χ3v) is 3.56. The minimum atomic E-state index is -0.158. The molecule has 3 rings (SSSR count). The number of nitrogens with zero attached hydrogens (tertiary/aromatic N) is 1. The molecular formula is C19H15NO. The number of fused-ring (bicyclic) bond motifs is 1. The third-order valence-electron chi connectivity index (χ3n) is 3.56. The van der Waals surface area contributed by atoms with Gasteiger partial charge in [-0.2, -0.15) is 0 Å². The fourth-order valence-electron chi connectivity index (χ4n) is 2.34. The van der Waals surface area contributed by atoms with Crippen LogP contribution in [-0.4, -0.2) is 10.4 Å². The highest BCUT2D eigenvalue weighted by atomic mass is 16.1. The summed E-state index contributed by atoms with van der Waals surface area (Å²) < 4.78 is 1.89. The molecule has 1 heterocycles. The molecule has 0 aliphatic heterocycles. The molecule has 0 spiro atoms. The zero-order valence-electron chi connectivity index (χ0n) is 12.1. The Kier molecular flexibility index (Phi) is 3.33. The third kappa shape index (κ3) is 2.59. The topological polar surface area (TPSA) is 22.0 Å². The van der Waals surface area contributed by atoms with Gasteiger partial charge in [0.15, 0.2) is 0 Å². The summed E-state index contributed by atoms with van der Waals surface area (Å²) in [5.74, 6) is 5.50. The second kappa shape index (κ2) is 5.30. The zero-order valence-corrected chi connectivity index (χ0v) is 12.1. The van der Waals surface area contributed by atoms with Crippen LogP contribution in [0.25, 0.3) is 10.9 Å². The average molecular weight is 273 g/mol. The Morgan fingerprint density at radius 3 is 2.48 bits per heavy atom. The van der Waals surface area contributed by atoms with E-state index in [0.717, 1.165) is 16.5 Å². The van der Waals surface area contributed by atoms with E-state index in [1.54, 1.807) is 0 Å². The molecule has 0 fully saturated rings. The highest BCUT2D eigenvalue weighted by Gasteiger charge is 2.10. The molecule has 21 heavy (non-hydrogen) atoms. The van der Waals surface area contributed by atoms with Crippen molar-refractivity contribution in [3.05, 3.63) is 71.4 Å². The number of carbonyl (C=O) groups is 1. The van der Waals surface area contributed by atoms with E-state index in [9.17, 15) is 4.79 Å². The first-order valence-electron chi connectivity index (χ1n) is 6.82. The van der Waals surface area contributed by atoms with Crippen LogP contribution >= 0.6 is 0 Å². The predicted octanol–water partition coefficient (Wildman–Crippen LogP) is 3.72. The fraction of sp³-hybridized carbons (Fsp3) is 0.105. The molecule has 1 aromatic heterocycles. The first kappa shape index (κ1) is 13.2. The Balaban J connectivity index is 1.95. The number of aryl methyl sites for hydroxylation is 2. The van der Waals surface area contributed by atoms with Crippen LogP contribution in [0.1, 0.15) is 21.6 Å². The normalized spacial score (nSPS) is 10.2. The monoisotopic (exact) mass is 273 g/mol. The van der Waals surface area contributed by atoms with Gasteiger partial charge in [0, 0.05) is 23.5 Å². The van der Waals surface area contributed by atoms with E-state index in [4.69, 9.17) is 0 Å². The van der Waals surface area contributed by atoms with Crippen LogP contribution in [0.2, 0.25) is 0 Å². The molecule has 0 aliphatic rings. The van der Waals surface area contributed by atoms with E-state index in [2.05, 4.69) is 11.8 Å². The second-order valence-electron chi connectivity index (χ2n) is 5.09. The standard InChI is InChI=1S/C19H15NO/c1-14-7-9-15(10-8-14)11-12-19(21)18-13-16-5-3-4-6-17(16)20(18)2/h3-10,13H,1-2H3. The zero-order chi connectivity index (χ0) is 14.8. The SMILES string of the molecule is Cc1ccc(C#CC(=O)c2cc3ccccc3n2C)cc1. The van der Waals surface area contributed by atoms with Gasteiger partial charge >= 0.3 is 0 Å². The molecule has 0 N–H and O–H groups in total. The Morgan fingerprint density at radius 1 is 1.05 bits per heavy atom. The molecule has 2 heteroatoms. The van der Waals surface area contributed by atoms with Crippen LogP contribution in [0.15, 0.2) is 54.6 Å². The molecule has 0 radical (unpaired) electrons. The van der Waals surface area contributed by atoms with Gasteiger partial charge in [-0.15, -0.1) is 0 Å². The summed E-state index contributed by atoms with van der Waals surface area (Å²) in [6.45, 7) is 2.03. The van der Waals surface area contributed by atoms with Gasteiger partial charge in [-0.3, -0.25) is 4.79 Å². The number of hydrogen-bond acceptors (Lipinski definition) is 1. The Bertz CT molecular complexity index is 873. The summed E-state index contributed by atoms with van der Waals surface area (Å²) in [6.07, 6.45) is 0. The first-order chi connectivity index (χ1) is 10.1. The van der Waals surface area contributed by atoms with Crippen molar-refractivity contribution in [2.24, 2.45) is 7.05 Å². The predicted molar refractivity (Wildman–Crippen MR) is 85.3 cm³/mol. The van der Waals surface area contributed by atoms with Crippen LogP contribution in [0.4, 0.5) is 0 Å². The molecule has 2 nitrogen and oxygen atoms in total. The summed E-state index contributed by atoms with van der Waals surface area (Å²) in [4.78, 5) is 12.3. The second-order valence-corrected chi connectivity index (χ2v) is 5.09. The van der Waals surface area contributed by atoms with Crippen molar-refractivity contribution in [1.82, 2.24) is 4.57 Å². The lowest BCUT2D eigenvalue weighted by Crippen LogP contribution is -2.03. The number of carbonyl (C=O) groups excluding carboxylic acids is 1. The van der Waals surface area contributed by atoms with Crippen molar-refractivity contribution in [3.63, 3.8) is 0 Å². The Hall–Kier alpha value is -2.79. The van der Waals surface area contributed by atoms with E-state index in [-0.39, 0.29) is 5.78 Å². The average Bonchev–Trinajstić information content (AvgIpc) is 2.84. The summed E-state index contributed by atoms with van der Waals surface area (Å²) in [7, 11) is 1.89. The van der Waals surface area contributed by atoms with Gasteiger partial charge < -0.3 is 4.57 Å². The van der Waals surface area contributed by atoms with Gasteiger partial charge in [0.1, 0.15) is 0 Å². The summed E-state index contributed by atoms with van der Waals surface area (Å²) in [6, 6.07) is 17.7. The maximum Gasteiger partial charge on any atom is 0.252 e. The van der Waals surface area contributed by atoms with Gasteiger partial charge in [0.2, 0.25) is 0 Å². The van der Waals surface area contributed by atoms with E-state index < -0.39 is 0 Å². The molecular weight excluding hydrogens is 258 g/mol. The first-order valence-corrected chi connectivity index (χ1v) is 6.82. The molecule has 0 unspecified atom stereocenters. The lowest BCUT2D eigenvalue weighted by molar-refractivity contribution is 0.104. The van der Waals surface area contributed by atoms with Crippen molar-refractivity contribution >= 4 is 16.7 Å². The smallest absolute Gasteiger partial charge is 0.252 e. The van der Waals surface area contributed by atoms with Crippen LogP contribution in [-0.2, 0) is 7.05 Å². The van der Waals surface area contributed by atoms with Crippen molar-refractivity contribution in [2.75, 3.05) is 0 Å². The van der Waals surface area contributed by atoms with Crippen LogP contribution in [0, 0.1) is 18.8 Å². The minimum absolute atomic E-state index is 0.158. The van der Waals surface area contributed by atoms with Crippen molar-refractivity contribution in [1.29, 1.82) is 0 Å². The molecule has 0 saturated heterocycles. The lowest BCUT2D eigenvalue weighted by atomic mass is 10.1. The molecule has 0 amide bonds. The van der Waals surface area contributed by atoms with Crippen molar-refractivity contribution in [3.8, 4) is 11.8 Å². The van der Waals surface area contributed by atoms with Crippen LogP contribution in [0.5, 0.6) is 0 Å². The molecule has 0 saturated carbocycles. The molecule has 102 valence electrons. The summed E-state index contributed by atoms with van der Waals surface area (Å²) in [5.41, 5.74) is 3.70. The summed E-state index contributed by atoms with van der Waals surface area (Å²) >= 11 is 0. The maximum absolute atomic E-state index is 12.3. The van der Waals surface area contributed by atoms with E-state index in [1.807, 2.05) is 73.1 Å². The number of benzene rings is 2. The molecule has 0 bridgehead atoms. The van der Waals surface area contributed by atoms with Gasteiger partial charge in [0.05, 0.1) is 5.69 Å². The largest absolute Gasteiger partial charge is 0.340 e. The molecule has 0 atom stereocenters.